The third-order valence-electron chi connectivity index (χ3n) is 4.93. The molecule has 2 rings (SSSR count). The zero-order valence-electron chi connectivity index (χ0n) is 16.4. The van der Waals surface area contributed by atoms with Crippen LogP contribution in [0.1, 0.15) is 44.2 Å². The van der Waals surface area contributed by atoms with Crippen molar-refractivity contribution in [3.63, 3.8) is 0 Å². The van der Waals surface area contributed by atoms with Crippen molar-refractivity contribution in [3.05, 3.63) is 23.8 Å². The molecule has 0 heterocycles. The fourth-order valence-corrected chi connectivity index (χ4v) is 3.35. The largest absolute Gasteiger partial charge is 0.493 e. The standard InChI is InChI=1S/C20H32N2O4/c1-15(21-20(23)22(2)14-16-7-5-6-8-16)17-9-10-18(19(13-17)25-4)26-12-11-24-3/h9-10,13,15-16H,5-8,11-12,14H2,1-4H3,(H,21,23)/t15-/m0/s1. The summed E-state index contributed by atoms with van der Waals surface area (Å²) in [6.45, 7) is 3.78. The van der Waals surface area contributed by atoms with Gasteiger partial charge in [0, 0.05) is 20.7 Å². The normalized spacial score (nSPS) is 15.5. The molecule has 1 aliphatic carbocycles. The van der Waals surface area contributed by atoms with Crippen molar-refractivity contribution in [2.24, 2.45) is 5.92 Å². The zero-order valence-corrected chi connectivity index (χ0v) is 16.4. The number of nitrogens with one attached hydrogen (secondary N) is 1. The summed E-state index contributed by atoms with van der Waals surface area (Å²) in [6, 6.07) is 5.57. The molecule has 1 N–H and O–H groups in total. The fourth-order valence-electron chi connectivity index (χ4n) is 3.35. The zero-order chi connectivity index (χ0) is 18.9. The van der Waals surface area contributed by atoms with Gasteiger partial charge in [0.25, 0.3) is 0 Å². The number of hydrogen-bond donors (Lipinski definition) is 1. The fraction of sp³-hybridized carbons (Fsp3) is 0.650. The summed E-state index contributed by atoms with van der Waals surface area (Å²) in [5.41, 5.74) is 0.976. The first kappa shape index (κ1) is 20.4. The molecule has 1 fully saturated rings. The van der Waals surface area contributed by atoms with E-state index in [0.717, 1.165) is 12.1 Å². The molecule has 6 heteroatoms. The number of methoxy groups -OCH3 is 2. The van der Waals surface area contributed by atoms with Crippen LogP contribution in [0.5, 0.6) is 11.5 Å². The second-order valence-electron chi connectivity index (χ2n) is 6.95. The Morgan fingerprint density at radius 2 is 1.96 bits per heavy atom. The first-order chi connectivity index (χ1) is 12.5. The van der Waals surface area contributed by atoms with Crippen LogP contribution in [0.15, 0.2) is 18.2 Å². The van der Waals surface area contributed by atoms with Gasteiger partial charge >= 0.3 is 6.03 Å². The third-order valence-corrected chi connectivity index (χ3v) is 4.93. The van der Waals surface area contributed by atoms with Crippen LogP contribution < -0.4 is 14.8 Å². The molecule has 0 radical (unpaired) electrons. The number of rotatable bonds is 9. The summed E-state index contributed by atoms with van der Waals surface area (Å²) in [6.07, 6.45) is 5.04. The molecule has 0 saturated heterocycles. The Morgan fingerprint density at radius 1 is 1.23 bits per heavy atom. The van der Waals surface area contributed by atoms with Gasteiger partial charge in [-0.1, -0.05) is 18.9 Å². The van der Waals surface area contributed by atoms with Crippen LogP contribution in [-0.2, 0) is 4.74 Å². The third kappa shape index (κ3) is 5.80. The second-order valence-corrected chi connectivity index (χ2v) is 6.95. The monoisotopic (exact) mass is 364 g/mol. The maximum absolute atomic E-state index is 12.5. The smallest absolute Gasteiger partial charge is 0.317 e. The predicted molar refractivity (Wildman–Crippen MR) is 102 cm³/mol. The Hall–Kier alpha value is -1.95. The van der Waals surface area contributed by atoms with Crippen LogP contribution >= 0.6 is 0 Å². The molecule has 6 nitrogen and oxygen atoms in total. The Kier molecular flexibility index (Phi) is 8.04. The molecule has 1 saturated carbocycles. The molecule has 26 heavy (non-hydrogen) atoms. The van der Waals surface area contributed by atoms with E-state index in [1.165, 1.54) is 25.7 Å². The number of amides is 2. The lowest BCUT2D eigenvalue weighted by Gasteiger charge is -2.24. The molecule has 0 bridgehead atoms. The van der Waals surface area contributed by atoms with Crippen LogP contribution in [0, 0.1) is 5.92 Å². The van der Waals surface area contributed by atoms with Crippen LogP contribution in [-0.4, -0.2) is 52.0 Å². The van der Waals surface area contributed by atoms with E-state index in [0.29, 0.717) is 30.6 Å². The molecule has 0 unspecified atom stereocenters. The summed E-state index contributed by atoms with van der Waals surface area (Å²) in [5.74, 6) is 1.97. The Balaban J connectivity index is 1.92. The Bertz CT molecular complexity index is 573. The van der Waals surface area contributed by atoms with E-state index in [-0.39, 0.29) is 12.1 Å². The topological polar surface area (TPSA) is 60.0 Å². The van der Waals surface area contributed by atoms with E-state index >= 15 is 0 Å². The predicted octanol–water partition coefficient (Wildman–Crippen LogP) is 3.61. The van der Waals surface area contributed by atoms with E-state index in [1.807, 2.05) is 32.2 Å². The summed E-state index contributed by atoms with van der Waals surface area (Å²) >= 11 is 0. The van der Waals surface area contributed by atoms with E-state index in [4.69, 9.17) is 14.2 Å². The number of ether oxygens (including phenoxy) is 3. The minimum absolute atomic E-state index is 0.0382. The molecular weight excluding hydrogens is 332 g/mol. The highest BCUT2D eigenvalue weighted by Crippen LogP contribution is 2.30. The lowest BCUT2D eigenvalue weighted by molar-refractivity contribution is 0.144. The van der Waals surface area contributed by atoms with Gasteiger partial charge in [-0.3, -0.25) is 0 Å². The van der Waals surface area contributed by atoms with Crippen molar-refractivity contribution < 1.29 is 19.0 Å². The van der Waals surface area contributed by atoms with Crippen molar-refractivity contribution in [3.8, 4) is 11.5 Å². The van der Waals surface area contributed by atoms with Gasteiger partial charge < -0.3 is 24.4 Å². The average Bonchev–Trinajstić information content (AvgIpc) is 3.14. The number of carbonyl (C=O) groups is 1. The van der Waals surface area contributed by atoms with Crippen molar-refractivity contribution in [2.45, 2.75) is 38.6 Å². The van der Waals surface area contributed by atoms with Gasteiger partial charge in [-0.05, 0) is 43.4 Å². The van der Waals surface area contributed by atoms with Crippen molar-refractivity contribution in [2.75, 3.05) is 41.0 Å². The molecule has 0 aliphatic heterocycles. The summed E-state index contributed by atoms with van der Waals surface area (Å²) in [4.78, 5) is 14.3. The van der Waals surface area contributed by atoms with Crippen LogP contribution in [0.2, 0.25) is 0 Å². The SMILES string of the molecule is COCCOc1ccc([C@H](C)NC(=O)N(C)CC2CCCC2)cc1OC. The van der Waals surface area contributed by atoms with Gasteiger partial charge in [0.2, 0.25) is 0 Å². The van der Waals surface area contributed by atoms with Crippen LogP contribution in [0.4, 0.5) is 4.79 Å². The molecular formula is C20H32N2O4. The lowest BCUT2D eigenvalue weighted by atomic mass is 10.1. The minimum atomic E-state index is -0.115. The number of benzene rings is 1. The molecule has 1 atom stereocenters. The van der Waals surface area contributed by atoms with E-state index in [9.17, 15) is 4.79 Å². The Morgan fingerprint density at radius 3 is 2.62 bits per heavy atom. The van der Waals surface area contributed by atoms with Gasteiger partial charge in [0.15, 0.2) is 11.5 Å². The molecule has 0 aromatic heterocycles. The van der Waals surface area contributed by atoms with Crippen molar-refractivity contribution in [1.29, 1.82) is 0 Å². The van der Waals surface area contributed by atoms with Crippen LogP contribution in [0.25, 0.3) is 0 Å². The Labute approximate surface area is 156 Å². The van der Waals surface area contributed by atoms with Crippen LogP contribution in [0.3, 0.4) is 0 Å². The van der Waals surface area contributed by atoms with E-state index in [2.05, 4.69) is 5.32 Å². The minimum Gasteiger partial charge on any atom is -0.493 e. The van der Waals surface area contributed by atoms with E-state index < -0.39 is 0 Å². The molecule has 1 aromatic rings. The van der Waals surface area contributed by atoms with Crippen molar-refractivity contribution >= 4 is 6.03 Å². The maximum Gasteiger partial charge on any atom is 0.317 e. The van der Waals surface area contributed by atoms with Gasteiger partial charge in [-0.25, -0.2) is 4.79 Å². The first-order valence-electron chi connectivity index (χ1n) is 9.36. The molecule has 2 amide bonds. The molecule has 0 spiro atoms. The summed E-state index contributed by atoms with van der Waals surface area (Å²) in [7, 11) is 5.12. The van der Waals surface area contributed by atoms with Crippen molar-refractivity contribution in [1.82, 2.24) is 10.2 Å². The quantitative estimate of drug-likeness (QED) is 0.680. The highest BCUT2D eigenvalue weighted by Gasteiger charge is 2.21. The second kappa shape index (κ2) is 10.3. The number of carbonyl (C=O) groups excluding carboxylic acids is 1. The molecule has 1 aromatic carbocycles. The number of nitrogens with zero attached hydrogens (tertiary/aromatic N) is 1. The summed E-state index contributed by atoms with van der Waals surface area (Å²) < 4.78 is 16.1. The maximum atomic E-state index is 12.5. The molecule has 146 valence electrons. The summed E-state index contributed by atoms with van der Waals surface area (Å²) in [5, 5.41) is 3.06. The molecule has 1 aliphatic rings. The van der Waals surface area contributed by atoms with Gasteiger partial charge in [-0.15, -0.1) is 0 Å². The number of urea groups is 1. The van der Waals surface area contributed by atoms with Gasteiger partial charge in [0.05, 0.1) is 19.8 Å². The van der Waals surface area contributed by atoms with Gasteiger partial charge in [-0.2, -0.15) is 0 Å². The average molecular weight is 364 g/mol. The number of hydrogen-bond acceptors (Lipinski definition) is 4. The van der Waals surface area contributed by atoms with E-state index in [1.54, 1.807) is 19.1 Å². The highest BCUT2D eigenvalue weighted by molar-refractivity contribution is 5.74. The lowest BCUT2D eigenvalue weighted by Crippen LogP contribution is -2.40. The van der Waals surface area contributed by atoms with Gasteiger partial charge in [0.1, 0.15) is 6.61 Å². The first-order valence-corrected chi connectivity index (χ1v) is 9.36. The highest BCUT2D eigenvalue weighted by atomic mass is 16.5.